The molecule has 1 fully saturated rings. The van der Waals surface area contributed by atoms with E-state index in [2.05, 4.69) is 0 Å². The molecule has 0 saturated heterocycles. The molecule has 0 aliphatic heterocycles. The fourth-order valence-electron chi connectivity index (χ4n) is 1.06. The second-order valence-corrected chi connectivity index (χ2v) is 3.66. The van der Waals surface area contributed by atoms with Gasteiger partial charge in [0.05, 0.1) is 0 Å². The van der Waals surface area contributed by atoms with E-state index in [1.807, 2.05) is 0 Å². The first kappa shape index (κ1) is 14.6. The molecule has 0 amide bonds. The number of hydrogen-bond donors (Lipinski definition) is 4. The highest BCUT2D eigenvalue weighted by Crippen LogP contribution is 2.25. The molecule has 6 N–H and O–H groups in total. The summed E-state index contributed by atoms with van der Waals surface area (Å²) in [6.07, 6.45) is 9.00. The Morgan fingerprint density at radius 1 is 0.750 bits per heavy atom. The van der Waals surface area contributed by atoms with Gasteiger partial charge in [0.2, 0.25) is 0 Å². The van der Waals surface area contributed by atoms with E-state index in [0.29, 0.717) is 0 Å². The summed E-state index contributed by atoms with van der Waals surface area (Å²) < 4.78 is 8.88. The molecule has 0 heterocycles. The van der Waals surface area contributed by atoms with E-state index in [1.54, 1.807) is 0 Å². The molecule has 6 heteroatoms. The largest absolute Gasteiger partial charge is 0.466 e. The van der Waals surface area contributed by atoms with Gasteiger partial charge in [0.15, 0.2) is 0 Å². The first-order valence-corrected chi connectivity index (χ1v) is 5.35. The molecule has 0 aromatic heterocycles. The molecule has 0 unspecified atom stereocenters. The fourth-order valence-corrected chi connectivity index (χ4v) is 1.06. The van der Waals surface area contributed by atoms with Crippen LogP contribution in [0.3, 0.4) is 0 Å². The average Bonchev–Trinajstić information content (AvgIpc) is 1.88. The van der Waals surface area contributed by atoms with Crippen LogP contribution in [0.25, 0.3) is 0 Å². The van der Waals surface area contributed by atoms with E-state index >= 15 is 0 Å². The van der Waals surface area contributed by atoms with Gasteiger partial charge in [-0.15, -0.1) is 0 Å². The van der Waals surface area contributed by atoms with E-state index in [1.165, 1.54) is 38.5 Å². The van der Waals surface area contributed by atoms with Crippen LogP contribution in [0.1, 0.15) is 38.5 Å². The zero-order valence-electron chi connectivity index (χ0n) is 7.15. The Morgan fingerprint density at radius 2 is 0.833 bits per heavy atom. The summed E-state index contributed by atoms with van der Waals surface area (Å²) in [5, 5.41) is 0. The zero-order chi connectivity index (χ0) is 8.74. The van der Waals surface area contributed by atoms with Crippen LogP contribution in [0.15, 0.2) is 0 Å². The van der Waals surface area contributed by atoms with Crippen LogP contribution in [0.5, 0.6) is 0 Å². The summed E-state index contributed by atoms with van der Waals surface area (Å²) >= 11 is 0. The highest BCUT2D eigenvalue weighted by molar-refractivity contribution is 7.45. The third kappa shape index (κ3) is 22.5. The van der Waals surface area contributed by atoms with Crippen LogP contribution in [0, 0.1) is 0 Å². The van der Waals surface area contributed by atoms with Crippen molar-refractivity contribution in [3.8, 4) is 0 Å². The molecule has 0 aromatic carbocycles. The smallest absolute Gasteiger partial charge is 0.344 e. The maximum Gasteiger partial charge on any atom is 0.466 e. The van der Waals surface area contributed by atoms with Crippen molar-refractivity contribution in [2.45, 2.75) is 38.5 Å². The predicted octanol–water partition coefficient (Wildman–Crippen LogP) is 1.57. The maximum atomic E-state index is 8.88. The molecular formula is C6H18NO4P. The van der Waals surface area contributed by atoms with E-state index in [9.17, 15) is 0 Å². The fraction of sp³-hybridized carbons (Fsp3) is 1.00. The lowest BCUT2D eigenvalue weighted by Gasteiger charge is -2.05. The van der Waals surface area contributed by atoms with Crippen molar-refractivity contribution in [1.82, 2.24) is 6.15 Å². The first-order chi connectivity index (χ1) is 5.00. The van der Waals surface area contributed by atoms with Crippen molar-refractivity contribution in [3.05, 3.63) is 0 Å². The van der Waals surface area contributed by atoms with Crippen molar-refractivity contribution >= 4 is 7.82 Å². The second kappa shape index (κ2) is 7.71. The molecule has 1 aliphatic rings. The lowest BCUT2D eigenvalue weighted by atomic mass is 10.0. The van der Waals surface area contributed by atoms with Crippen LogP contribution in [-0.2, 0) is 4.57 Å². The Morgan fingerprint density at radius 3 is 0.917 bits per heavy atom. The molecule has 0 bridgehead atoms. The lowest BCUT2D eigenvalue weighted by Crippen LogP contribution is -1.85. The summed E-state index contributed by atoms with van der Waals surface area (Å²) in [6.45, 7) is 0. The Balaban J connectivity index is 0. The zero-order valence-corrected chi connectivity index (χ0v) is 8.04. The number of phosphoric acid groups is 1. The molecule has 12 heavy (non-hydrogen) atoms. The van der Waals surface area contributed by atoms with E-state index in [4.69, 9.17) is 19.2 Å². The van der Waals surface area contributed by atoms with Crippen LogP contribution in [0.2, 0.25) is 0 Å². The maximum absolute atomic E-state index is 8.88. The monoisotopic (exact) mass is 199 g/mol. The van der Waals surface area contributed by atoms with Gasteiger partial charge in [0.25, 0.3) is 0 Å². The highest BCUT2D eigenvalue weighted by Gasteiger charge is 2.00. The third-order valence-corrected chi connectivity index (χ3v) is 1.50. The Hall–Kier alpha value is 0.0700. The van der Waals surface area contributed by atoms with Crippen LogP contribution in [-0.4, -0.2) is 14.7 Å². The van der Waals surface area contributed by atoms with Crippen molar-refractivity contribution in [1.29, 1.82) is 0 Å². The molecule has 5 nitrogen and oxygen atoms in total. The summed E-state index contributed by atoms with van der Waals surface area (Å²) in [5.74, 6) is 0. The minimum Gasteiger partial charge on any atom is -0.344 e. The summed E-state index contributed by atoms with van der Waals surface area (Å²) in [6, 6.07) is 0. The van der Waals surface area contributed by atoms with Crippen molar-refractivity contribution in [2.75, 3.05) is 0 Å². The molecule has 76 valence electrons. The summed E-state index contributed by atoms with van der Waals surface area (Å²) in [7, 11) is -4.64. The van der Waals surface area contributed by atoms with Crippen molar-refractivity contribution in [3.63, 3.8) is 0 Å². The quantitative estimate of drug-likeness (QED) is 0.442. The Kier molecular flexibility index (Phi) is 9.37. The van der Waals surface area contributed by atoms with Gasteiger partial charge >= 0.3 is 7.82 Å². The molecular weight excluding hydrogens is 181 g/mol. The number of hydrogen-bond acceptors (Lipinski definition) is 2. The van der Waals surface area contributed by atoms with Gasteiger partial charge in [0, 0.05) is 0 Å². The van der Waals surface area contributed by atoms with Crippen LogP contribution in [0.4, 0.5) is 0 Å². The highest BCUT2D eigenvalue weighted by atomic mass is 31.2. The molecule has 0 radical (unpaired) electrons. The van der Waals surface area contributed by atoms with E-state index < -0.39 is 7.82 Å². The normalized spacial score (nSPS) is 16.9. The number of rotatable bonds is 0. The molecule has 0 atom stereocenters. The third-order valence-electron chi connectivity index (χ3n) is 1.50. The minimum atomic E-state index is -4.64. The Bertz CT molecular complexity index is 112. The van der Waals surface area contributed by atoms with Gasteiger partial charge in [-0.3, -0.25) is 0 Å². The van der Waals surface area contributed by atoms with Gasteiger partial charge in [-0.1, -0.05) is 38.5 Å². The second-order valence-electron chi connectivity index (χ2n) is 2.63. The molecule has 0 aromatic rings. The summed E-state index contributed by atoms with van der Waals surface area (Å²) in [5.41, 5.74) is 0. The SMILES string of the molecule is C1CCCCC1.N.O=P(O)(O)O. The summed E-state index contributed by atoms with van der Waals surface area (Å²) in [4.78, 5) is 21.6. The molecule has 1 saturated carbocycles. The molecule has 1 aliphatic carbocycles. The minimum absolute atomic E-state index is 0. The topological polar surface area (TPSA) is 113 Å². The van der Waals surface area contributed by atoms with Gasteiger partial charge in [-0.05, 0) is 0 Å². The van der Waals surface area contributed by atoms with Gasteiger partial charge in [-0.25, -0.2) is 4.57 Å². The van der Waals surface area contributed by atoms with Crippen LogP contribution < -0.4 is 6.15 Å². The molecule has 1 rings (SSSR count). The van der Waals surface area contributed by atoms with Gasteiger partial charge in [-0.2, -0.15) is 0 Å². The predicted molar refractivity (Wildman–Crippen MR) is 47.0 cm³/mol. The van der Waals surface area contributed by atoms with Crippen molar-refractivity contribution in [2.24, 2.45) is 0 Å². The van der Waals surface area contributed by atoms with Crippen molar-refractivity contribution < 1.29 is 19.2 Å². The first-order valence-electron chi connectivity index (χ1n) is 3.78. The standard InChI is InChI=1S/C6H12.H3N.H3O4P/c1-2-4-6-5-3-1;;1-5(2,3)4/h1-6H2;1H3;(H3,1,2,3,4). The average molecular weight is 199 g/mol. The lowest BCUT2D eigenvalue weighted by molar-refractivity contribution is 0.275. The van der Waals surface area contributed by atoms with E-state index in [-0.39, 0.29) is 6.15 Å². The van der Waals surface area contributed by atoms with Gasteiger partial charge < -0.3 is 20.8 Å². The Labute approximate surface area is 72.6 Å². The van der Waals surface area contributed by atoms with Crippen LogP contribution >= 0.6 is 7.82 Å². The molecule has 0 spiro atoms. The van der Waals surface area contributed by atoms with Gasteiger partial charge in [0.1, 0.15) is 0 Å². The van der Waals surface area contributed by atoms with E-state index in [0.717, 1.165) is 0 Å².